The van der Waals surface area contributed by atoms with E-state index in [4.69, 9.17) is 9.47 Å². The number of rotatable bonds is 5. The van der Waals surface area contributed by atoms with E-state index in [2.05, 4.69) is 0 Å². The molecule has 3 nitrogen and oxygen atoms in total. The zero-order valence-electron chi connectivity index (χ0n) is 14.5. The summed E-state index contributed by atoms with van der Waals surface area (Å²) in [5.41, 5.74) is 1.10. The number of esters is 1. The maximum Gasteiger partial charge on any atom is 0.307 e. The van der Waals surface area contributed by atoms with Gasteiger partial charge in [0.05, 0.1) is 13.5 Å². The smallest absolute Gasteiger partial charge is 0.307 e. The van der Waals surface area contributed by atoms with Gasteiger partial charge in [0.2, 0.25) is 0 Å². The SMILES string of the molecule is COc1ccc([C@@H](CC(=O)OC(C)(C)C)c2cccc(F)c2)cc1. The van der Waals surface area contributed by atoms with E-state index in [1.165, 1.54) is 12.1 Å². The molecule has 0 N–H and O–H groups in total. The first-order chi connectivity index (χ1) is 11.3. The third kappa shape index (κ3) is 5.08. The quantitative estimate of drug-likeness (QED) is 0.746. The Morgan fingerprint density at radius 1 is 1.08 bits per heavy atom. The van der Waals surface area contributed by atoms with Crippen molar-refractivity contribution in [1.29, 1.82) is 0 Å². The standard InChI is InChI=1S/C20H23FO3/c1-20(2,3)24-19(22)13-18(15-6-5-7-16(21)12-15)14-8-10-17(23-4)11-9-14/h5-12,18H,13H2,1-4H3/t18-/m1/s1. The van der Waals surface area contributed by atoms with Crippen LogP contribution in [0, 0.1) is 5.82 Å². The van der Waals surface area contributed by atoms with Gasteiger partial charge in [-0.2, -0.15) is 0 Å². The summed E-state index contributed by atoms with van der Waals surface area (Å²) in [7, 11) is 1.60. The number of benzene rings is 2. The first kappa shape index (κ1) is 18.0. The molecule has 0 radical (unpaired) electrons. The van der Waals surface area contributed by atoms with Gasteiger partial charge < -0.3 is 9.47 Å². The van der Waals surface area contributed by atoms with Gasteiger partial charge in [0, 0.05) is 5.92 Å². The number of carbonyl (C=O) groups excluding carboxylic acids is 1. The van der Waals surface area contributed by atoms with Gasteiger partial charge in [0.1, 0.15) is 17.2 Å². The van der Waals surface area contributed by atoms with E-state index in [-0.39, 0.29) is 24.1 Å². The van der Waals surface area contributed by atoms with Gasteiger partial charge in [0.15, 0.2) is 0 Å². The molecule has 0 aromatic heterocycles. The van der Waals surface area contributed by atoms with Crippen molar-refractivity contribution in [2.45, 2.75) is 38.7 Å². The normalized spacial score (nSPS) is 12.5. The molecule has 0 unspecified atom stereocenters. The molecular weight excluding hydrogens is 307 g/mol. The number of halogens is 1. The highest BCUT2D eigenvalue weighted by atomic mass is 19.1. The van der Waals surface area contributed by atoms with E-state index < -0.39 is 5.60 Å². The molecule has 2 aromatic rings. The Labute approximate surface area is 142 Å². The maximum atomic E-state index is 13.6. The van der Waals surface area contributed by atoms with Crippen LogP contribution in [-0.2, 0) is 9.53 Å². The van der Waals surface area contributed by atoms with Crippen LogP contribution in [0.2, 0.25) is 0 Å². The number of hydrogen-bond acceptors (Lipinski definition) is 3. The highest BCUT2D eigenvalue weighted by Crippen LogP contribution is 2.30. The lowest BCUT2D eigenvalue weighted by Gasteiger charge is -2.23. The molecule has 2 rings (SSSR count). The predicted molar refractivity (Wildman–Crippen MR) is 91.7 cm³/mol. The first-order valence-electron chi connectivity index (χ1n) is 7.90. The molecular formula is C20H23FO3. The molecule has 128 valence electrons. The molecule has 1 atom stereocenters. The van der Waals surface area contributed by atoms with Gasteiger partial charge in [-0.15, -0.1) is 0 Å². The molecule has 0 aliphatic rings. The minimum atomic E-state index is -0.552. The van der Waals surface area contributed by atoms with Gasteiger partial charge in [-0.05, 0) is 56.2 Å². The zero-order valence-corrected chi connectivity index (χ0v) is 14.5. The van der Waals surface area contributed by atoms with Crippen LogP contribution in [0.4, 0.5) is 4.39 Å². The Morgan fingerprint density at radius 3 is 2.29 bits per heavy atom. The van der Waals surface area contributed by atoms with Gasteiger partial charge in [-0.3, -0.25) is 4.79 Å². The highest BCUT2D eigenvalue weighted by Gasteiger charge is 2.23. The fraction of sp³-hybridized carbons (Fsp3) is 0.350. The zero-order chi connectivity index (χ0) is 17.7. The molecule has 2 aromatic carbocycles. The second-order valence-electron chi connectivity index (χ2n) is 6.67. The molecule has 0 heterocycles. The van der Waals surface area contributed by atoms with Crippen LogP contribution < -0.4 is 4.74 Å². The fourth-order valence-electron chi connectivity index (χ4n) is 2.54. The van der Waals surface area contributed by atoms with Gasteiger partial charge in [-0.25, -0.2) is 4.39 Å². The average molecular weight is 330 g/mol. The Hall–Kier alpha value is -2.36. The maximum absolute atomic E-state index is 13.6. The molecule has 0 aliphatic heterocycles. The molecule has 0 amide bonds. The molecule has 0 saturated carbocycles. The first-order valence-corrected chi connectivity index (χ1v) is 7.90. The van der Waals surface area contributed by atoms with Crippen LogP contribution in [0.15, 0.2) is 48.5 Å². The Kier molecular flexibility index (Phi) is 5.60. The summed E-state index contributed by atoms with van der Waals surface area (Å²) in [6.45, 7) is 5.49. The van der Waals surface area contributed by atoms with Gasteiger partial charge in [0.25, 0.3) is 0 Å². The monoisotopic (exact) mass is 330 g/mol. The lowest BCUT2D eigenvalue weighted by molar-refractivity contribution is -0.155. The summed E-state index contributed by atoms with van der Waals surface area (Å²) in [4.78, 5) is 12.3. The van der Waals surface area contributed by atoms with Crippen LogP contribution >= 0.6 is 0 Å². The molecule has 0 saturated heterocycles. The van der Waals surface area contributed by atoms with E-state index in [9.17, 15) is 9.18 Å². The van der Waals surface area contributed by atoms with E-state index in [0.717, 1.165) is 16.9 Å². The van der Waals surface area contributed by atoms with Crippen molar-refractivity contribution in [3.8, 4) is 5.75 Å². The third-order valence-corrected chi connectivity index (χ3v) is 3.56. The van der Waals surface area contributed by atoms with Crippen LogP contribution in [-0.4, -0.2) is 18.7 Å². The number of ether oxygens (including phenoxy) is 2. The minimum Gasteiger partial charge on any atom is -0.497 e. The topological polar surface area (TPSA) is 35.5 Å². The van der Waals surface area contributed by atoms with Crippen molar-refractivity contribution < 1.29 is 18.7 Å². The van der Waals surface area contributed by atoms with E-state index in [1.54, 1.807) is 13.2 Å². The van der Waals surface area contributed by atoms with Crippen LogP contribution in [0.5, 0.6) is 5.75 Å². The largest absolute Gasteiger partial charge is 0.497 e. The van der Waals surface area contributed by atoms with Crippen molar-refractivity contribution in [2.75, 3.05) is 7.11 Å². The lowest BCUT2D eigenvalue weighted by Crippen LogP contribution is -2.25. The Bertz CT molecular complexity index is 687. The number of methoxy groups -OCH3 is 1. The molecule has 0 fully saturated rings. The fourth-order valence-corrected chi connectivity index (χ4v) is 2.54. The highest BCUT2D eigenvalue weighted by molar-refractivity contribution is 5.72. The predicted octanol–water partition coefficient (Wildman–Crippen LogP) is 4.70. The summed E-state index contributed by atoms with van der Waals surface area (Å²) in [5, 5.41) is 0. The number of hydrogen-bond donors (Lipinski definition) is 0. The van der Waals surface area contributed by atoms with E-state index in [1.807, 2.05) is 51.1 Å². The summed E-state index contributed by atoms with van der Waals surface area (Å²) in [5.74, 6) is -0.182. The molecule has 0 bridgehead atoms. The van der Waals surface area contributed by atoms with Gasteiger partial charge >= 0.3 is 5.97 Å². The number of carbonyl (C=O) groups is 1. The van der Waals surface area contributed by atoms with Gasteiger partial charge in [-0.1, -0.05) is 24.3 Å². The Morgan fingerprint density at radius 2 is 1.75 bits per heavy atom. The average Bonchev–Trinajstić information content (AvgIpc) is 2.51. The van der Waals surface area contributed by atoms with Crippen molar-refractivity contribution in [3.05, 3.63) is 65.5 Å². The molecule has 0 spiro atoms. The van der Waals surface area contributed by atoms with Crippen molar-refractivity contribution in [2.24, 2.45) is 0 Å². The second-order valence-corrected chi connectivity index (χ2v) is 6.67. The minimum absolute atomic E-state index is 0.146. The summed E-state index contributed by atoms with van der Waals surface area (Å²) in [6.07, 6.45) is 0.146. The van der Waals surface area contributed by atoms with Crippen LogP contribution in [0.25, 0.3) is 0 Å². The van der Waals surface area contributed by atoms with Crippen molar-refractivity contribution in [1.82, 2.24) is 0 Å². The third-order valence-electron chi connectivity index (χ3n) is 3.56. The van der Waals surface area contributed by atoms with Crippen molar-refractivity contribution in [3.63, 3.8) is 0 Å². The summed E-state index contributed by atoms with van der Waals surface area (Å²) < 4.78 is 24.2. The summed E-state index contributed by atoms with van der Waals surface area (Å²) >= 11 is 0. The second kappa shape index (κ2) is 7.47. The van der Waals surface area contributed by atoms with E-state index >= 15 is 0 Å². The molecule has 0 aliphatic carbocycles. The molecule has 24 heavy (non-hydrogen) atoms. The summed E-state index contributed by atoms with van der Waals surface area (Å²) in [6, 6.07) is 13.8. The van der Waals surface area contributed by atoms with E-state index in [0.29, 0.717) is 0 Å². The lowest BCUT2D eigenvalue weighted by atomic mass is 9.88. The molecule has 4 heteroatoms. The van der Waals surface area contributed by atoms with Crippen molar-refractivity contribution >= 4 is 5.97 Å². The Balaban J connectivity index is 2.32. The van der Waals surface area contributed by atoms with Crippen LogP contribution in [0.1, 0.15) is 44.2 Å². The van der Waals surface area contributed by atoms with Crippen LogP contribution in [0.3, 0.4) is 0 Å².